The molecule has 1 aliphatic rings. The molecule has 1 aliphatic heterocycles. The summed E-state index contributed by atoms with van der Waals surface area (Å²) in [6, 6.07) is 6.44. The van der Waals surface area contributed by atoms with E-state index in [1.165, 1.54) is 11.1 Å². The van der Waals surface area contributed by atoms with Crippen molar-refractivity contribution < 1.29 is 4.79 Å². The van der Waals surface area contributed by atoms with E-state index in [2.05, 4.69) is 40.3 Å². The van der Waals surface area contributed by atoms with Gasteiger partial charge in [0.2, 0.25) is 5.91 Å². The Labute approximate surface area is 91.8 Å². The summed E-state index contributed by atoms with van der Waals surface area (Å²) >= 11 is 3.46. The van der Waals surface area contributed by atoms with Gasteiger partial charge in [-0.2, -0.15) is 0 Å². The van der Waals surface area contributed by atoms with Crippen LogP contribution in [0.2, 0.25) is 0 Å². The number of carbonyl (C=O) groups is 1. The highest BCUT2D eigenvalue weighted by Crippen LogP contribution is 2.26. The molecule has 1 heterocycles. The molecule has 1 aromatic carbocycles. The molecule has 2 nitrogen and oxygen atoms in total. The van der Waals surface area contributed by atoms with Gasteiger partial charge in [0.15, 0.2) is 0 Å². The van der Waals surface area contributed by atoms with Gasteiger partial charge in [-0.1, -0.05) is 28.1 Å². The minimum absolute atomic E-state index is 0.163. The van der Waals surface area contributed by atoms with Gasteiger partial charge in [-0.15, -0.1) is 0 Å². The zero-order valence-corrected chi connectivity index (χ0v) is 9.60. The quantitative estimate of drug-likeness (QED) is 0.820. The van der Waals surface area contributed by atoms with Gasteiger partial charge in [0.25, 0.3) is 0 Å². The van der Waals surface area contributed by atoms with E-state index in [1.54, 1.807) is 0 Å². The largest absolute Gasteiger partial charge is 0.349 e. The molecule has 0 unspecified atom stereocenters. The molecule has 0 radical (unpaired) electrons. The van der Waals surface area contributed by atoms with Crippen molar-refractivity contribution in [3.05, 3.63) is 33.8 Å². The topological polar surface area (TPSA) is 29.1 Å². The SMILES string of the molecule is Cc1cc([C@H]2CCC(=O)N2)ccc1Br. The summed E-state index contributed by atoms with van der Waals surface area (Å²) in [5.74, 6) is 0.163. The van der Waals surface area contributed by atoms with Crippen molar-refractivity contribution in [2.24, 2.45) is 0 Å². The number of benzene rings is 1. The first-order valence-corrected chi connectivity index (χ1v) is 5.51. The highest BCUT2D eigenvalue weighted by atomic mass is 79.9. The first-order chi connectivity index (χ1) is 6.66. The molecule has 0 aromatic heterocycles. The fourth-order valence-electron chi connectivity index (χ4n) is 1.75. The maximum absolute atomic E-state index is 11.1. The summed E-state index contributed by atoms with van der Waals surface area (Å²) in [7, 11) is 0. The van der Waals surface area contributed by atoms with E-state index >= 15 is 0 Å². The summed E-state index contributed by atoms with van der Waals surface area (Å²) < 4.78 is 1.12. The number of hydrogen-bond acceptors (Lipinski definition) is 1. The highest BCUT2D eigenvalue weighted by Gasteiger charge is 2.22. The molecule has 3 heteroatoms. The molecule has 0 aliphatic carbocycles. The van der Waals surface area contributed by atoms with Crippen LogP contribution in [0, 0.1) is 6.92 Å². The number of amides is 1. The lowest BCUT2D eigenvalue weighted by molar-refractivity contribution is -0.119. The average molecular weight is 254 g/mol. The van der Waals surface area contributed by atoms with Crippen molar-refractivity contribution >= 4 is 21.8 Å². The smallest absolute Gasteiger partial charge is 0.220 e. The Morgan fingerprint density at radius 1 is 1.50 bits per heavy atom. The van der Waals surface area contributed by atoms with E-state index in [9.17, 15) is 4.79 Å². The number of nitrogens with one attached hydrogen (secondary N) is 1. The summed E-state index contributed by atoms with van der Waals surface area (Å²) in [6.07, 6.45) is 1.57. The van der Waals surface area contributed by atoms with Gasteiger partial charge in [-0.25, -0.2) is 0 Å². The Bertz CT molecular complexity index is 376. The average Bonchev–Trinajstić information content (AvgIpc) is 2.57. The van der Waals surface area contributed by atoms with Crippen LogP contribution in [0.15, 0.2) is 22.7 Å². The Balaban J connectivity index is 2.24. The monoisotopic (exact) mass is 253 g/mol. The molecular formula is C11H12BrNO. The van der Waals surface area contributed by atoms with Crippen LogP contribution in [0.3, 0.4) is 0 Å². The molecule has 1 atom stereocenters. The van der Waals surface area contributed by atoms with Crippen LogP contribution in [0.1, 0.15) is 30.0 Å². The zero-order valence-electron chi connectivity index (χ0n) is 8.01. The highest BCUT2D eigenvalue weighted by molar-refractivity contribution is 9.10. The van der Waals surface area contributed by atoms with Gasteiger partial charge in [0.1, 0.15) is 0 Å². The number of halogens is 1. The van der Waals surface area contributed by atoms with E-state index in [0.717, 1.165) is 10.9 Å². The van der Waals surface area contributed by atoms with Crippen molar-refractivity contribution in [2.75, 3.05) is 0 Å². The molecule has 2 rings (SSSR count). The Kier molecular flexibility index (Phi) is 2.59. The third-order valence-corrected chi connectivity index (χ3v) is 3.47. The lowest BCUT2D eigenvalue weighted by Gasteiger charge is -2.11. The molecule has 1 saturated heterocycles. The lowest BCUT2D eigenvalue weighted by atomic mass is 10.0. The molecular weight excluding hydrogens is 242 g/mol. The number of hydrogen-bond donors (Lipinski definition) is 1. The maximum Gasteiger partial charge on any atom is 0.220 e. The van der Waals surface area contributed by atoms with Crippen molar-refractivity contribution in [1.29, 1.82) is 0 Å². The summed E-state index contributed by atoms with van der Waals surface area (Å²) in [5.41, 5.74) is 2.42. The zero-order chi connectivity index (χ0) is 10.1. The van der Waals surface area contributed by atoms with Gasteiger partial charge in [0, 0.05) is 10.9 Å². The van der Waals surface area contributed by atoms with Crippen LogP contribution in [-0.2, 0) is 4.79 Å². The fraction of sp³-hybridized carbons (Fsp3) is 0.364. The summed E-state index contributed by atoms with van der Waals surface area (Å²) in [5, 5.41) is 2.96. The fourth-order valence-corrected chi connectivity index (χ4v) is 2.00. The second-order valence-electron chi connectivity index (χ2n) is 3.67. The van der Waals surface area contributed by atoms with Crippen LogP contribution >= 0.6 is 15.9 Å². The normalized spacial score (nSPS) is 21.0. The van der Waals surface area contributed by atoms with E-state index in [4.69, 9.17) is 0 Å². The van der Waals surface area contributed by atoms with Crippen LogP contribution in [0.4, 0.5) is 0 Å². The van der Waals surface area contributed by atoms with Crippen molar-refractivity contribution in [3.8, 4) is 0 Å². The Morgan fingerprint density at radius 2 is 2.29 bits per heavy atom. The molecule has 14 heavy (non-hydrogen) atoms. The summed E-state index contributed by atoms with van der Waals surface area (Å²) in [4.78, 5) is 11.1. The van der Waals surface area contributed by atoms with Crippen LogP contribution < -0.4 is 5.32 Å². The third-order valence-electron chi connectivity index (χ3n) is 2.58. The van der Waals surface area contributed by atoms with Gasteiger partial charge in [-0.05, 0) is 30.5 Å². The molecule has 74 valence electrons. The first kappa shape index (κ1) is 9.71. The van der Waals surface area contributed by atoms with E-state index in [0.29, 0.717) is 6.42 Å². The second-order valence-corrected chi connectivity index (χ2v) is 4.52. The van der Waals surface area contributed by atoms with Crippen LogP contribution in [0.5, 0.6) is 0 Å². The third kappa shape index (κ3) is 1.82. The predicted molar refractivity (Wildman–Crippen MR) is 59.0 cm³/mol. The summed E-state index contributed by atoms with van der Waals surface area (Å²) in [6.45, 7) is 2.06. The first-order valence-electron chi connectivity index (χ1n) is 4.72. The van der Waals surface area contributed by atoms with E-state index in [-0.39, 0.29) is 11.9 Å². The molecule has 1 fully saturated rings. The predicted octanol–water partition coefficient (Wildman–Crippen LogP) is 2.71. The molecule has 0 bridgehead atoms. The number of aryl methyl sites for hydroxylation is 1. The minimum Gasteiger partial charge on any atom is -0.349 e. The standard InChI is InChI=1S/C11H12BrNO/c1-7-6-8(2-3-9(7)12)10-4-5-11(14)13-10/h2-3,6,10H,4-5H2,1H3,(H,13,14)/t10-/m1/s1. The van der Waals surface area contributed by atoms with Gasteiger partial charge < -0.3 is 5.32 Å². The second kappa shape index (κ2) is 3.73. The Morgan fingerprint density at radius 3 is 2.86 bits per heavy atom. The molecule has 1 N–H and O–H groups in total. The van der Waals surface area contributed by atoms with Gasteiger partial charge in [-0.3, -0.25) is 4.79 Å². The van der Waals surface area contributed by atoms with Crippen molar-refractivity contribution in [2.45, 2.75) is 25.8 Å². The number of carbonyl (C=O) groups excluding carboxylic acids is 1. The number of rotatable bonds is 1. The van der Waals surface area contributed by atoms with Gasteiger partial charge in [0.05, 0.1) is 6.04 Å². The lowest BCUT2D eigenvalue weighted by Crippen LogP contribution is -2.18. The van der Waals surface area contributed by atoms with Crippen molar-refractivity contribution in [3.63, 3.8) is 0 Å². The van der Waals surface area contributed by atoms with E-state index in [1.807, 2.05) is 6.07 Å². The maximum atomic E-state index is 11.1. The van der Waals surface area contributed by atoms with Crippen LogP contribution in [-0.4, -0.2) is 5.91 Å². The Hall–Kier alpha value is -0.830. The molecule has 1 aromatic rings. The molecule has 0 spiro atoms. The van der Waals surface area contributed by atoms with Gasteiger partial charge >= 0.3 is 0 Å². The molecule has 0 saturated carbocycles. The minimum atomic E-state index is 0.163. The van der Waals surface area contributed by atoms with Crippen LogP contribution in [0.25, 0.3) is 0 Å². The molecule has 1 amide bonds. The van der Waals surface area contributed by atoms with E-state index < -0.39 is 0 Å². The van der Waals surface area contributed by atoms with Crippen molar-refractivity contribution in [1.82, 2.24) is 5.32 Å².